The van der Waals surface area contributed by atoms with Crippen molar-refractivity contribution in [3.05, 3.63) is 53.1 Å². The second-order valence-corrected chi connectivity index (χ2v) is 5.30. The minimum atomic E-state index is -0.215. The first-order chi connectivity index (χ1) is 8.72. The van der Waals surface area contributed by atoms with E-state index in [1.165, 1.54) is 0 Å². The number of rotatable bonds is 2. The van der Waals surface area contributed by atoms with Crippen LogP contribution in [0.25, 0.3) is 11.0 Å². The Labute approximate surface area is 108 Å². The second kappa shape index (κ2) is 4.31. The molecule has 0 fully saturated rings. The maximum Gasteiger partial charge on any atom is 0.292 e. The highest BCUT2D eigenvalue weighted by atomic mass is 32.1. The predicted octanol–water partition coefficient (Wildman–Crippen LogP) is 4.06. The van der Waals surface area contributed by atoms with Crippen molar-refractivity contribution >= 4 is 33.2 Å². The number of furan rings is 1. The van der Waals surface area contributed by atoms with Crippen LogP contribution in [-0.2, 0) is 0 Å². The summed E-state index contributed by atoms with van der Waals surface area (Å²) in [6.45, 7) is 2.00. The number of amides is 1. The highest BCUT2D eigenvalue weighted by Crippen LogP contribution is 2.23. The van der Waals surface area contributed by atoms with Gasteiger partial charge in [-0.1, -0.05) is 18.2 Å². The molecule has 1 N–H and O–H groups in total. The molecule has 90 valence electrons. The fraction of sp³-hybridized carbons (Fsp3) is 0.0714. The third kappa shape index (κ3) is 2.02. The minimum absolute atomic E-state index is 0.215. The Morgan fingerprint density at radius 1 is 1.22 bits per heavy atom. The first-order valence-electron chi connectivity index (χ1n) is 5.59. The van der Waals surface area contributed by atoms with Gasteiger partial charge in [0.15, 0.2) is 5.76 Å². The average molecular weight is 257 g/mol. The van der Waals surface area contributed by atoms with Gasteiger partial charge in [-0.05, 0) is 31.2 Å². The summed E-state index contributed by atoms with van der Waals surface area (Å²) in [5.74, 6) is 0.121. The molecule has 0 spiro atoms. The van der Waals surface area contributed by atoms with Crippen molar-refractivity contribution in [2.45, 2.75) is 6.92 Å². The van der Waals surface area contributed by atoms with Crippen molar-refractivity contribution in [1.29, 1.82) is 0 Å². The summed E-state index contributed by atoms with van der Waals surface area (Å²) in [6, 6.07) is 13.2. The number of thiophene rings is 1. The van der Waals surface area contributed by atoms with Crippen LogP contribution in [0.4, 0.5) is 5.00 Å². The van der Waals surface area contributed by atoms with Crippen LogP contribution < -0.4 is 5.32 Å². The molecule has 3 nitrogen and oxygen atoms in total. The highest BCUT2D eigenvalue weighted by Gasteiger charge is 2.12. The Balaban J connectivity index is 1.87. The zero-order chi connectivity index (χ0) is 12.5. The van der Waals surface area contributed by atoms with E-state index in [-0.39, 0.29) is 5.91 Å². The molecule has 1 aromatic carbocycles. The van der Waals surface area contributed by atoms with Gasteiger partial charge in [0.2, 0.25) is 0 Å². The Morgan fingerprint density at radius 2 is 2.06 bits per heavy atom. The fourth-order valence-electron chi connectivity index (χ4n) is 1.77. The zero-order valence-electron chi connectivity index (χ0n) is 9.77. The van der Waals surface area contributed by atoms with E-state index >= 15 is 0 Å². The van der Waals surface area contributed by atoms with Gasteiger partial charge >= 0.3 is 0 Å². The molecule has 0 radical (unpaired) electrons. The van der Waals surface area contributed by atoms with E-state index in [1.54, 1.807) is 17.4 Å². The van der Waals surface area contributed by atoms with Crippen molar-refractivity contribution in [2.24, 2.45) is 0 Å². The molecule has 0 unspecified atom stereocenters. The molecule has 2 heterocycles. The average Bonchev–Trinajstić information content (AvgIpc) is 2.95. The van der Waals surface area contributed by atoms with E-state index < -0.39 is 0 Å². The summed E-state index contributed by atoms with van der Waals surface area (Å²) in [4.78, 5) is 13.2. The lowest BCUT2D eigenvalue weighted by Gasteiger charge is -1.97. The molecule has 1 amide bonds. The molecule has 0 saturated carbocycles. The Morgan fingerprint density at radius 3 is 2.78 bits per heavy atom. The third-order valence-electron chi connectivity index (χ3n) is 2.63. The van der Waals surface area contributed by atoms with Crippen molar-refractivity contribution < 1.29 is 9.21 Å². The second-order valence-electron chi connectivity index (χ2n) is 4.01. The molecule has 2 aromatic heterocycles. The highest BCUT2D eigenvalue weighted by molar-refractivity contribution is 7.16. The molecule has 0 aliphatic rings. The van der Waals surface area contributed by atoms with E-state index in [1.807, 2.05) is 43.3 Å². The molecule has 4 heteroatoms. The lowest BCUT2D eigenvalue weighted by molar-refractivity contribution is 0.0999. The maximum absolute atomic E-state index is 12.0. The molecule has 0 bridgehead atoms. The largest absolute Gasteiger partial charge is 0.451 e. The van der Waals surface area contributed by atoms with E-state index in [2.05, 4.69) is 5.32 Å². The predicted molar refractivity (Wildman–Crippen MR) is 73.2 cm³/mol. The number of hydrogen-bond donors (Lipinski definition) is 1. The molecule has 0 aliphatic carbocycles. The summed E-state index contributed by atoms with van der Waals surface area (Å²) in [6.07, 6.45) is 0. The van der Waals surface area contributed by atoms with Crippen LogP contribution >= 0.6 is 11.3 Å². The summed E-state index contributed by atoms with van der Waals surface area (Å²) in [7, 11) is 0. The summed E-state index contributed by atoms with van der Waals surface area (Å²) < 4.78 is 5.50. The van der Waals surface area contributed by atoms with Crippen LogP contribution in [0.15, 0.2) is 46.9 Å². The smallest absolute Gasteiger partial charge is 0.292 e. The number of aryl methyl sites for hydroxylation is 1. The first-order valence-corrected chi connectivity index (χ1v) is 6.40. The number of carbonyl (C=O) groups excluding carboxylic acids is 1. The van der Waals surface area contributed by atoms with Crippen LogP contribution in [0.5, 0.6) is 0 Å². The van der Waals surface area contributed by atoms with Gasteiger partial charge in [0.05, 0.1) is 5.00 Å². The van der Waals surface area contributed by atoms with Gasteiger partial charge in [-0.15, -0.1) is 11.3 Å². The van der Waals surface area contributed by atoms with Crippen LogP contribution in [-0.4, -0.2) is 5.91 Å². The van der Waals surface area contributed by atoms with Crippen molar-refractivity contribution in [1.82, 2.24) is 0 Å². The molecule has 18 heavy (non-hydrogen) atoms. The molecule has 3 aromatic rings. The quantitative estimate of drug-likeness (QED) is 0.752. The summed E-state index contributed by atoms with van der Waals surface area (Å²) >= 11 is 1.54. The first kappa shape index (κ1) is 11.0. The number of anilines is 1. The normalized spacial score (nSPS) is 10.7. The van der Waals surface area contributed by atoms with Crippen molar-refractivity contribution in [3.8, 4) is 0 Å². The lowest BCUT2D eigenvalue weighted by atomic mass is 10.2. The Kier molecular flexibility index (Phi) is 2.64. The van der Waals surface area contributed by atoms with E-state index in [9.17, 15) is 4.79 Å². The maximum atomic E-state index is 12.0. The van der Waals surface area contributed by atoms with Gasteiger partial charge in [0.25, 0.3) is 5.91 Å². The molecule has 0 saturated heterocycles. The number of carbonyl (C=O) groups is 1. The van der Waals surface area contributed by atoms with Crippen LogP contribution in [0.2, 0.25) is 0 Å². The van der Waals surface area contributed by atoms with Crippen molar-refractivity contribution in [2.75, 3.05) is 5.32 Å². The van der Waals surface area contributed by atoms with Gasteiger partial charge in [-0.3, -0.25) is 4.79 Å². The number of benzene rings is 1. The summed E-state index contributed by atoms with van der Waals surface area (Å²) in [5.41, 5.74) is 0.727. The zero-order valence-corrected chi connectivity index (χ0v) is 10.6. The number of nitrogens with one attached hydrogen (secondary N) is 1. The monoisotopic (exact) mass is 257 g/mol. The van der Waals surface area contributed by atoms with Gasteiger partial charge in [0, 0.05) is 10.3 Å². The molecule has 0 aliphatic heterocycles. The van der Waals surface area contributed by atoms with Crippen LogP contribution in [0, 0.1) is 6.92 Å². The molecule has 3 rings (SSSR count). The Hall–Kier alpha value is -2.07. The lowest BCUT2D eigenvalue weighted by Crippen LogP contribution is -2.09. The van der Waals surface area contributed by atoms with E-state index in [4.69, 9.17) is 4.42 Å². The van der Waals surface area contributed by atoms with Gasteiger partial charge in [-0.2, -0.15) is 0 Å². The molecule has 0 atom stereocenters. The Bertz CT molecular complexity index is 678. The standard InChI is InChI=1S/C14H11NO2S/c1-9-6-7-13(18-9)15-14(16)12-8-10-4-2-3-5-11(10)17-12/h2-8H,1H3,(H,15,16). The van der Waals surface area contributed by atoms with Crippen molar-refractivity contribution in [3.63, 3.8) is 0 Å². The number of hydrogen-bond acceptors (Lipinski definition) is 3. The van der Waals surface area contributed by atoms with Crippen LogP contribution in [0.3, 0.4) is 0 Å². The van der Waals surface area contributed by atoms with Gasteiger partial charge < -0.3 is 9.73 Å². The third-order valence-corrected chi connectivity index (χ3v) is 3.54. The minimum Gasteiger partial charge on any atom is -0.451 e. The SMILES string of the molecule is Cc1ccc(NC(=O)c2cc3ccccc3o2)s1. The topological polar surface area (TPSA) is 42.2 Å². The van der Waals surface area contributed by atoms with Crippen LogP contribution in [0.1, 0.15) is 15.4 Å². The van der Waals surface area contributed by atoms with Gasteiger partial charge in [-0.25, -0.2) is 0 Å². The number of para-hydroxylation sites is 1. The van der Waals surface area contributed by atoms with E-state index in [0.29, 0.717) is 5.76 Å². The fourth-order valence-corrected chi connectivity index (χ4v) is 2.53. The van der Waals surface area contributed by atoms with E-state index in [0.717, 1.165) is 20.8 Å². The molecular weight excluding hydrogens is 246 g/mol. The molecular formula is C14H11NO2S. The summed E-state index contributed by atoms with van der Waals surface area (Å²) in [5, 5.41) is 4.59. The number of fused-ring (bicyclic) bond motifs is 1. The van der Waals surface area contributed by atoms with Gasteiger partial charge in [0.1, 0.15) is 5.58 Å².